The number of aromatic nitrogens is 4. The van der Waals surface area contributed by atoms with Gasteiger partial charge >= 0.3 is 6.18 Å². The molecule has 1 fully saturated rings. The maximum Gasteiger partial charge on any atom is 0.416 e. The number of nitrogens with zero attached hydrogens (tertiary/aromatic N) is 4. The SMILES string of the molecule is C[C@@]1(c2nnc(-c3nccnc3Nc3ccc(C(F)(F)F)cc3)o2)CCNC1=O. The average Bonchev–Trinajstić information content (AvgIpc) is 3.30. The van der Waals surface area contributed by atoms with Crippen molar-refractivity contribution >= 4 is 17.4 Å². The third-order valence-corrected chi connectivity index (χ3v) is 4.68. The topological polar surface area (TPSA) is 106 Å². The van der Waals surface area contributed by atoms with Crippen molar-refractivity contribution in [3.8, 4) is 11.6 Å². The van der Waals surface area contributed by atoms with Crippen LogP contribution >= 0.6 is 0 Å². The third-order valence-electron chi connectivity index (χ3n) is 4.68. The van der Waals surface area contributed by atoms with Crippen LogP contribution in [0.4, 0.5) is 24.7 Å². The molecule has 1 aliphatic rings. The molecule has 3 aromatic rings. The Balaban J connectivity index is 1.62. The van der Waals surface area contributed by atoms with Crippen molar-refractivity contribution in [2.45, 2.75) is 24.9 Å². The molecule has 11 heteroatoms. The van der Waals surface area contributed by atoms with Crippen molar-refractivity contribution < 1.29 is 22.4 Å². The Labute approximate surface area is 162 Å². The van der Waals surface area contributed by atoms with E-state index < -0.39 is 17.2 Å². The van der Waals surface area contributed by atoms with Gasteiger partial charge in [-0.3, -0.25) is 4.79 Å². The number of benzene rings is 1. The van der Waals surface area contributed by atoms with Crippen LogP contribution in [0.25, 0.3) is 11.6 Å². The first-order chi connectivity index (χ1) is 13.8. The van der Waals surface area contributed by atoms with E-state index in [1.165, 1.54) is 24.5 Å². The Morgan fingerprint density at radius 2 is 1.86 bits per heavy atom. The van der Waals surface area contributed by atoms with Gasteiger partial charge in [0.2, 0.25) is 11.8 Å². The van der Waals surface area contributed by atoms with E-state index >= 15 is 0 Å². The molecule has 29 heavy (non-hydrogen) atoms. The number of rotatable bonds is 4. The Bertz CT molecular complexity index is 1050. The number of hydrogen-bond acceptors (Lipinski definition) is 7. The van der Waals surface area contributed by atoms with Crippen LogP contribution in [-0.4, -0.2) is 32.6 Å². The second kappa shape index (κ2) is 6.83. The number of carbonyl (C=O) groups is 1. The molecular formula is C18H15F3N6O2. The van der Waals surface area contributed by atoms with Crippen LogP contribution in [0.2, 0.25) is 0 Å². The molecule has 2 N–H and O–H groups in total. The first-order valence-corrected chi connectivity index (χ1v) is 8.65. The van der Waals surface area contributed by atoms with Crippen molar-refractivity contribution in [2.24, 2.45) is 0 Å². The highest BCUT2D eigenvalue weighted by atomic mass is 19.4. The van der Waals surface area contributed by atoms with Crippen molar-refractivity contribution in [2.75, 3.05) is 11.9 Å². The third kappa shape index (κ3) is 3.50. The molecule has 8 nitrogen and oxygen atoms in total. The smallest absolute Gasteiger partial charge is 0.416 e. The van der Waals surface area contributed by atoms with E-state index in [0.717, 1.165) is 12.1 Å². The van der Waals surface area contributed by atoms with Crippen LogP contribution in [0.5, 0.6) is 0 Å². The Kier molecular flexibility index (Phi) is 4.44. The summed E-state index contributed by atoms with van der Waals surface area (Å²) in [7, 11) is 0. The number of carbonyl (C=O) groups excluding carboxylic acids is 1. The van der Waals surface area contributed by atoms with Crippen LogP contribution in [0, 0.1) is 0 Å². The molecule has 1 atom stereocenters. The number of halogens is 3. The van der Waals surface area contributed by atoms with Gasteiger partial charge in [0.05, 0.1) is 5.56 Å². The first-order valence-electron chi connectivity index (χ1n) is 8.65. The van der Waals surface area contributed by atoms with Crippen molar-refractivity contribution in [3.63, 3.8) is 0 Å². The van der Waals surface area contributed by atoms with Gasteiger partial charge in [-0.15, -0.1) is 10.2 Å². The molecule has 3 heterocycles. The van der Waals surface area contributed by atoms with Crippen LogP contribution < -0.4 is 10.6 Å². The number of amides is 1. The lowest BCUT2D eigenvalue weighted by molar-refractivity contribution is -0.137. The van der Waals surface area contributed by atoms with Gasteiger partial charge in [0.15, 0.2) is 11.5 Å². The summed E-state index contributed by atoms with van der Waals surface area (Å²) in [5.74, 6) is 0.232. The van der Waals surface area contributed by atoms with E-state index in [1.54, 1.807) is 6.92 Å². The molecular weight excluding hydrogens is 389 g/mol. The van der Waals surface area contributed by atoms with E-state index in [2.05, 4.69) is 30.8 Å². The maximum absolute atomic E-state index is 12.7. The highest BCUT2D eigenvalue weighted by Crippen LogP contribution is 2.34. The van der Waals surface area contributed by atoms with Crippen molar-refractivity contribution in [1.82, 2.24) is 25.5 Å². The van der Waals surface area contributed by atoms with E-state index in [9.17, 15) is 18.0 Å². The summed E-state index contributed by atoms with van der Waals surface area (Å²) in [6, 6.07) is 4.49. The molecule has 1 aliphatic heterocycles. The lowest BCUT2D eigenvalue weighted by Crippen LogP contribution is -2.32. The van der Waals surface area contributed by atoms with Crippen molar-refractivity contribution in [1.29, 1.82) is 0 Å². The predicted molar refractivity (Wildman–Crippen MR) is 95.0 cm³/mol. The minimum atomic E-state index is -4.42. The number of hydrogen-bond donors (Lipinski definition) is 2. The Hall–Kier alpha value is -3.50. The zero-order valence-corrected chi connectivity index (χ0v) is 15.1. The summed E-state index contributed by atoms with van der Waals surface area (Å²) < 4.78 is 43.9. The second-order valence-corrected chi connectivity index (χ2v) is 6.70. The summed E-state index contributed by atoms with van der Waals surface area (Å²) in [5, 5.41) is 13.6. The molecule has 0 saturated carbocycles. The highest BCUT2D eigenvalue weighted by molar-refractivity contribution is 5.88. The molecule has 1 saturated heterocycles. The predicted octanol–water partition coefficient (Wildman–Crippen LogP) is 3.07. The molecule has 4 rings (SSSR count). The van der Waals surface area contributed by atoms with E-state index in [0.29, 0.717) is 18.7 Å². The first kappa shape index (κ1) is 18.8. The maximum atomic E-state index is 12.7. The summed E-state index contributed by atoms with van der Waals surface area (Å²) in [5.41, 5.74) is -1.09. The standard InChI is InChI=1S/C18H15F3N6O2/c1-17(6-7-24-15(17)28)16-27-26-14(29-16)12-13(23-9-8-22-12)25-11-4-2-10(3-5-11)18(19,20)21/h2-5,8-9H,6-7H2,1H3,(H,23,25)(H,24,28)/t17-/m1/s1. The molecule has 0 aliphatic carbocycles. The quantitative estimate of drug-likeness (QED) is 0.688. The number of nitrogens with one attached hydrogen (secondary N) is 2. The molecule has 0 bridgehead atoms. The molecule has 0 spiro atoms. The van der Waals surface area contributed by atoms with Gasteiger partial charge in [-0.25, -0.2) is 9.97 Å². The van der Waals surface area contributed by atoms with Gasteiger partial charge in [0.25, 0.3) is 5.89 Å². The van der Waals surface area contributed by atoms with Gasteiger partial charge in [-0.1, -0.05) is 0 Å². The number of anilines is 2. The summed E-state index contributed by atoms with van der Waals surface area (Å²) in [6.45, 7) is 2.23. The molecule has 1 amide bonds. The van der Waals surface area contributed by atoms with E-state index in [-0.39, 0.29) is 29.2 Å². The minimum Gasteiger partial charge on any atom is -0.418 e. The van der Waals surface area contributed by atoms with Crippen molar-refractivity contribution in [3.05, 3.63) is 48.1 Å². The van der Waals surface area contributed by atoms with E-state index in [1.807, 2.05) is 0 Å². The highest BCUT2D eigenvalue weighted by Gasteiger charge is 2.44. The van der Waals surface area contributed by atoms with Crippen LogP contribution in [-0.2, 0) is 16.4 Å². The fourth-order valence-electron chi connectivity index (χ4n) is 2.95. The summed E-state index contributed by atoms with van der Waals surface area (Å²) >= 11 is 0. The zero-order valence-electron chi connectivity index (χ0n) is 15.1. The second-order valence-electron chi connectivity index (χ2n) is 6.70. The Morgan fingerprint density at radius 1 is 1.14 bits per heavy atom. The largest absolute Gasteiger partial charge is 0.418 e. The summed E-state index contributed by atoms with van der Waals surface area (Å²) in [4.78, 5) is 20.4. The van der Waals surface area contributed by atoms with Crippen LogP contribution in [0.15, 0.2) is 41.1 Å². The monoisotopic (exact) mass is 404 g/mol. The molecule has 150 valence electrons. The normalized spacial score (nSPS) is 19.2. The minimum absolute atomic E-state index is 0.0448. The van der Waals surface area contributed by atoms with Crippen LogP contribution in [0.3, 0.4) is 0 Å². The fourth-order valence-corrected chi connectivity index (χ4v) is 2.95. The lowest BCUT2D eigenvalue weighted by atomic mass is 9.89. The summed E-state index contributed by atoms with van der Waals surface area (Å²) in [6.07, 6.45) is -1.07. The Morgan fingerprint density at radius 3 is 2.52 bits per heavy atom. The molecule has 0 radical (unpaired) electrons. The van der Waals surface area contributed by atoms with E-state index in [4.69, 9.17) is 4.42 Å². The van der Waals surface area contributed by atoms with Gasteiger partial charge in [-0.2, -0.15) is 13.2 Å². The fraction of sp³-hybridized carbons (Fsp3) is 0.278. The van der Waals surface area contributed by atoms with Gasteiger partial charge < -0.3 is 15.1 Å². The lowest BCUT2D eigenvalue weighted by Gasteiger charge is -2.14. The molecule has 1 aromatic carbocycles. The molecule has 2 aromatic heterocycles. The number of alkyl halides is 3. The zero-order chi connectivity index (χ0) is 20.6. The molecule has 0 unspecified atom stereocenters. The van der Waals surface area contributed by atoms with Gasteiger partial charge in [0, 0.05) is 24.6 Å². The average molecular weight is 404 g/mol. The van der Waals surface area contributed by atoms with Gasteiger partial charge in [0.1, 0.15) is 5.41 Å². The van der Waals surface area contributed by atoms with Gasteiger partial charge in [-0.05, 0) is 37.6 Å². The van der Waals surface area contributed by atoms with Crippen LogP contribution in [0.1, 0.15) is 24.8 Å².